The van der Waals surface area contributed by atoms with Crippen LogP contribution in [0.2, 0.25) is 0 Å². The van der Waals surface area contributed by atoms with Gasteiger partial charge < -0.3 is 57.3 Å². The van der Waals surface area contributed by atoms with Crippen LogP contribution in [-0.4, -0.2) is 135 Å². The summed E-state index contributed by atoms with van der Waals surface area (Å²) in [5, 5.41) is 25.3. The average molecular weight is 874 g/mol. The van der Waals surface area contributed by atoms with Crippen molar-refractivity contribution in [3.8, 4) is 0 Å². The van der Waals surface area contributed by atoms with Crippen LogP contribution in [-0.2, 0) is 77.8 Å². The van der Waals surface area contributed by atoms with Gasteiger partial charge in [0, 0.05) is 40.8 Å². The second-order valence-electron chi connectivity index (χ2n) is 16.4. The Bertz CT molecular complexity index is 2150. The van der Waals surface area contributed by atoms with E-state index in [1.54, 1.807) is 0 Å². The van der Waals surface area contributed by atoms with E-state index in [1.807, 2.05) is 0 Å². The molecule has 2 aliphatic heterocycles. The lowest BCUT2D eigenvalue weighted by Gasteiger charge is -2.67. The van der Waals surface area contributed by atoms with Crippen molar-refractivity contribution in [1.82, 2.24) is 4.98 Å². The lowest BCUT2D eigenvalue weighted by atomic mass is 9.45. The SMILES string of the molecule is CC(=O)OC[C@]12[C@H](OC(C)=O)[C@H](OC(C)=O)[C@H]3[C@@H](OC(C)=O)[C@@]14O[C@@]3(C)COC(=O)c1cccnc1CCC(C)(O)C(=O)O[C@@H]([C@H](OC(=O)c1ccoc1)[C@@H]2OC(C)=O)C4(C)O. The number of hydrogen-bond acceptors (Lipinski definition) is 21. The Hall–Kier alpha value is -5.93. The first-order valence-electron chi connectivity index (χ1n) is 19.5. The van der Waals surface area contributed by atoms with Crippen molar-refractivity contribution in [1.29, 1.82) is 0 Å². The van der Waals surface area contributed by atoms with Gasteiger partial charge >= 0.3 is 47.8 Å². The first-order valence-corrected chi connectivity index (χ1v) is 19.5. The van der Waals surface area contributed by atoms with E-state index in [0.717, 1.165) is 61.0 Å². The molecule has 2 N–H and O–H groups in total. The third-order valence-corrected chi connectivity index (χ3v) is 11.9. The normalized spacial score (nSPS) is 36.3. The molecule has 6 rings (SSSR count). The van der Waals surface area contributed by atoms with Gasteiger partial charge in [-0.2, -0.15) is 0 Å². The van der Waals surface area contributed by atoms with Gasteiger partial charge in [-0.25, -0.2) is 14.4 Å². The quantitative estimate of drug-likeness (QED) is 0.275. The zero-order valence-electron chi connectivity index (χ0n) is 35.0. The number of aliphatic hydroxyl groups is 2. The van der Waals surface area contributed by atoms with Crippen LogP contribution < -0.4 is 0 Å². The number of aromatic nitrogens is 1. The third kappa shape index (κ3) is 7.54. The van der Waals surface area contributed by atoms with Gasteiger partial charge in [-0.1, -0.05) is 0 Å². The van der Waals surface area contributed by atoms with Crippen LogP contribution in [0.1, 0.15) is 88.2 Å². The standard InChI is InChI=1S/C41H47NO20/c1-19(43)54-18-40-32(58-22(4)46)28(56-20(2)44)27-30(57-21(3)45)41(40)39(8,52)31(29(33(40)59-23(5)47)60-34(48)24-12-15-53-16-24)61-36(50)37(6,51)13-11-26-25(10-9-14-42-26)35(49)55-17-38(27,7)62-41/h9-10,12,14-16,27-33,51-52H,11,13,17-18H2,1-8H3/t27-,28+,29-,30+,31-,32+,33-,37?,38-,39?,40+,41-/m0/s1. The van der Waals surface area contributed by atoms with Gasteiger partial charge in [0.05, 0.1) is 29.0 Å². The van der Waals surface area contributed by atoms with Crippen LogP contribution >= 0.6 is 0 Å². The summed E-state index contributed by atoms with van der Waals surface area (Å²) in [6, 6.07) is 3.99. The fourth-order valence-electron chi connectivity index (χ4n) is 9.53. The molecule has 0 aromatic carbocycles. The van der Waals surface area contributed by atoms with Crippen molar-refractivity contribution in [3.05, 3.63) is 53.7 Å². The maximum Gasteiger partial charge on any atom is 0.341 e. The van der Waals surface area contributed by atoms with Crippen LogP contribution in [0.3, 0.4) is 0 Å². The topological polar surface area (TPSA) is 286 Å². The summed E-state index contributed by atoms with van der Waals surface area (Å²) in [6.45, 7) is 6.25. The van der Waals surface area contributed by atoms with Crippen molar-refractivity contribution in [2.45, 2.75) is 127 Å². The number of carbonyl (C=O) groups excluding carboxylic acids is 8. The summed E-state index contributed by atoms with van der Waals surface area (Å²) in [7, 11) is 0. The van der Waals surface area contributed by atoms with Crippen LogP contribution in [0.5, 0.6) is 0 Å². The minimum absolute atomic E-state index is 0.0776. The summed E-state index contributed by atoms with van der Waals surface area (Å²) < 4.78 is 59.6. The minimum atomic E-state index is -3.00. The molecule has 3 fully saturated rings. The molecule has 21 heteroatoms. The van der Waals surface area contributed by atoms with Crippen LogP contribution in [0.15, 0.2) is 41.3 Å². The first-order chi connectivity index (χ1) is 28.9. The second kappa shape index (κ2) is 16.4. The largest absolute Gasteiger partial charge is 0.472 e. The molecule has 2 saturated carbocycles. The number of carbonyl (C=O) groups is 8. The highest BCUT2D eigenvalue weighted by Gasteiger charge is 2.92. The van der Waals surface area contributed by atoms with Crippen molar-refractivity contribution in [3.63, 3.8) is 0 Å². The van der Waals surface area contributed by atoms with E-state index in [4.69, 9.17) is 47.0 Å². The number of cyclic esters (lactones) is 1. The van der Waals surface area contributed by atoms with E-state index < -0.39 is 138 Å². The van der Waals surface area contributed by atoms with E-state index in [0.29, 0.717) is 0 Å². The number of furan rings is 1. The van der Waals surface area contributed by atoms with Gasteiger partial charge in [0.25, 0.3) is 0 Å². The average Bonchev–Trinajstić information content (AvgIpc) is 3.79. The molecule has 0 amide bonds. The Labute approximate surface area is 353 Å². The lowest BCUT2D eigenvalue weighted by Crippen LogP contribution is -2.89. The Morgan fingerprint density at radius 2 is 1.42 bits per heavy atom. The highest BCUT2D eigenvalue weighted by Crippen LogP contribution is 2.70. The Kier molecular flexibility index (Phi) is 12.1. The zero-order chi connectivity index (χ0) is 45.7. The molecule has 4 heterocycles. The highest BCUT2D eigenvalue weighted by molar-refractivity contribution is 5.91. The zero-order valence-corrected chi connectivity index (χ0v) is 35.0. The summed E-state index contributed by atoms with van der Waals surface area (Å²) >= 11 is 0. The highest BCUT2D eigenvalue weighted by atomic mass is 16.7. The van der Waals surface area contributed by atoms with Crippen molar-refractivity contribution < 1.29 is 95.6 Å². The van der Waals surface area contributed by atoms with Gasteiger partial charge in [-0.3, -0.25) is 29.0 Å². The number of ether oxygens (including phenoxy) is 9. The predicted octanol–water partition coefficient (Wildman–Crippen LogP) is 0.864. The third-order valence-electron chi connectivity index (χ3n) is 11.9. The second-order valence-corrected chi connectivity index (χ2v) is 16.4. The maximum absolute atomic E-state index is 14.4. The Morgan fingerprint density at radius 3 is 2.00 bits per heavy atom. The number of aryl methyl sites for hydroxylation is 1. The lowest BCUT2D eigenvalue weighted by molar-refractivity contribution is -0.386. The molecule has 2 aromatic heterocycles. The number of nitrogens with zero attached hydrogens (tertiary/aromatic N) is 1. The monoisotopic (exact) mass is 873 g/mol. The van der Waals surface area contributed by atoms with Gasteiger partial charge in [0.1, 0.15) is 48.3 Å². The van der Waals surface area contributed by atoms with E-state index >= 15 is 0 Å². The fraction of sp³-hybridized carbons (Fsp3) is 0.585. The van der Waals surface area contributed by atoms with Gasteiger partial charge in [-0.05, 0) is 51.8 Å². The summed E-state index contributed by atoms with van der Waals surface area (Å²) in [5.74, 6) is -10.7. The van der Waals surface area contributed by atoms with Gasteiger partial charge in [0.15, 0.2) is 35.6 Å². The minimum Gasteiger partial charge on any atom is -0.472 e. The molecule has 4 bridgehead atoms. The smallest absolute Gasteiger partial charge is 0.341 e. The Morgan fingerprint density at radius 1 is 0.806 bits per heavy atom. The molecule has 1 saturated heterocycles. The number of pyridine rings is 1. The maximum atomic E-state index is 14.4. The molecular weight excluding hydrogens is 826 g/mol. The van der Waals surface area contributed by atoms with Crippen LogP contribution in [0.4, 0.5) is 0 Å². The summed E-state index contributed by atoms with van der Waals surface area (Å²) in [4.78, 5) is 113. The number of rotatable bonds is 8. The number of esters is 8. The molecule has 12 atom stereocenters. The van der Waals surface area contributed by atoms with E-state index in [1.165, 1.54) is 31.3 Å². The molecular formula is C41H47NO20. The van der Waals surface area contributed by atoms with E-state index in [2.05, 4.69) is 4.98 Å². The molecule has 0 radical (unpaired) electrons. The Balaban J connectivity index is 1.79. The van der Waals surface area contributed by atoms with Gasteiger partial charge in [-0.15, -0.1) is 0 Å². The summed E-state index contributed by atoms with van der Waals surface area (Å²) in [5.41, 5.74) is -13.5. The molecule has 21 nitrogen and oxygen atoms in total. The molecule has 2 aliphatic carbocycles. The first kappa shape index (κ1) is 45.6. The van der Waals surface area contributed by atoms with Crippen molar-refractivity contribution >= 4 is 47.8 Å². The number of fused-ring (bicyclic) bond motifs is 5. The fourth-order valence-corrected chi connectivity index (χ4v) is 9.53. The number of hydrogen-bond donors (Lipinski definition) is 2. The van der Waals surface area contributed by atoms with Crippen molar-refractivity contribution in [2.24, 2.45) is 11.3 Å². The molecule has 2 unspecified atom stereocenters. The molecule has 2 aromatic rings. The molecule has 336 valence electrons. The summed E-state index contributed by atoms with van der Waals surface area (Å²) in [6.07, 6.45) is -10.1. The van der Waals surface area contributed by atoms with E-state index in [9.17, 15) is 48.6 Å². The van der Waals surface area contributed by atoms with Gasteiger partial charge in [0.2, 0.25) is 0 Å². The van der Waals surface area contributed by atoms with Crippen LogP contribution in [0.25, 0.3) is 0 Å². The molecule has 1 spiro atoms. The van der Waals surface area contributed by atoms with Crippen LogP contribution in [0, 0.1) is 11.3 Å². The molecule has 4 aliphatic rings. The van der Waals surface area contributed by atoms with E-state index in [-0.39, 0.29) is 23.2 Å². The molecule has 62 heavy (non-hydrogen) atoms. The predicted molar refractivity (Wildman–Crippen MR) is 199 cm³/mol. The van der Waals surface area contributed by atoms with Crippen molar-refractivity contribution in [2.75, 3.05) is 13.2 Å².